The number of nitrogens with zero attached hydrogens (tertiary/aromatic N) is 1. The van der Waals surface area contributed by atoms with Gasteiger partial charge in [-0.1, -0.05) is 0 Å². The van der Waals surface area contributed by atoms with Crippen LogP contribution in [0.15, 0.2) is 12.1 Å². The second kappa shape index (κ2) is 6.84. The van der Waals surface area contributed by atoms with Crippen molar-refractivity contribution in [1.82, 2.24) is 0 Å². The van der Waals surface area contributed by atoms with E-state index in [4.69, 9.17) is 16.3 Å². The second-order valence-electron chi connectivity index (χ2n) is 3.80. The minimum atomic E-state index is -0.618. The number of aldehydes is 1. The van der Waals surface area contributed by atoms with Crippen LogP contribution in [0.5, 0.6) is 5.75 Å². The van der Waals surface area contributed by atoms with Crippen molar-refractivity contribution >= 4 is 28.8 Å². The molecule has 0 radical (unpaired) electrons. The third-order valence-corrected chi connectivity index (χ3v) is 2.72. The number of ether oxygens (including phenoxy) is 1. The lowest BCUT2D eigenvalue weighted by molar-refractivity contribution is -0.385. The summed E-state index contributed by atoms with van der Waals surface area (Å²) < 4.78 is 5.37. The van der Waals surface area contributed by atoms with E-state index in [-0.39, 0.29) is 24.3 Å². The Balaban J connectivity index is 2.83. The zero-order valence-electron chi connectivity index (χ0n) is 10.2. The van der Waals surface area contributed by atoms with Crippen LogP contribution in [0.1, 0.15) is 28.8 Å². The molecule has 0 amide bonds. The number of hydrogen-bond donors (Lipinski definition) is 0. The van der Waals surface area contributed by atoms with E-state index < -0.39 is 10.2 Å². The van der Waals surface area contributed by atoms with Crippen molar-refractivity contribution in [3.05, 3.63) is 33.4 Å². The Labute approximate surface area is 114 Å². The molecule has 0 aliphatic rings. The Morgan fingerprint density at radius 1 is 1.53 bits per heavy atom. The second-order valence-corrected chi connectivity index (χ2v) is 4.23. The Hall–Kier alpha value is -1.95. The van der Waals surface area contributed by atoms with Crippen LogP contribution in [0.25, 0.3) is 0 Å². The maximum absolute atomic E-state index is 10.9. The summed E-state index contributed by atoms with van der Waals surface area (Å²) in [6.45, 7) is 1.81. The summed E-state index contributed by atoms with van der Waals surface area (Å²) in [6.07, 6.45) is 1.06. The van der Waals surface area contributed by atoms with Gasteiger partial charge in [0.1, 0.15) is 5.75 Å². The van der Waals surface area contributed by atoms with Crippen molar-refractivity contribution in [3.8, 4) is 5.75 Å². The number of nitro groups is 1. The molecule has 0 N–H and O–H groups in total. The van der Waals surface area contributed by atoms with Gasteiger partial charge in [-0.3, -0.25) is 19.7 Å². The fourth-order valence-corrected chi connectivity index (χ4v) is 1.69. The van der Waals surface area contributed by atoms with Crippen molar-refractivity contribution < 1.29 is 19.2 Å². The van der Waals surface area contributed by atoms with Crippen LogP contribution in [-0.2, 0) is 4.79 Å². The average Bonchev–Trinajstić information content (AvgIpc) is 2.35. The van der Waals surface area contributed by atoms with Crippen LogP contribution >= 0.6 is 11.6 Å². The van der Waals surface area contributed by atoms with Crippen LogP contribution < -0.4 is 4.74 Å². The fourth-order valence-electron chi connectivity index (χ4n) is 1.55. The predicted molar refractivity (Wildman–Crippen MR) is 68.8 cm³/mol. The maximum Gasteiger partial charge on any atom is 0.280 e. The predicted octanol–water partition coefficient (Wildman–Crippen LogP) is 2.64. The average molecular weight is 286 g/mol. The standard InChI is InChI=1S/C12H12ClNO5/c1-8-9(7-15)10(14(17)18)4-5-11(8)19-6-2-3-12(13)16/h4-5,7H,2-3,6H2,1H3. The largest absolute Gasteiger partial charge is 0.493 e. The zero-order valence-corrected chi connectivity index (χ0v) is 11.0. The summed E-state index contributed by atoms with van der Waals surface area (Å²) >= 11 is 5.18. The Morgan fingerprint density at radius 3 is 2.74 bits per heavy atom. The first kappa shape index (κ1) is 15.1. The Morgan fingerprint density at radius 2 is 2.21 bits per heavy atom. The summed E-state index contributed by atoms with van der Waals surface area (Å²) in [5.41, 5.74) is 0.146. The molecular weight excluding hydrogens is 274 g/mol. The van der Waals surface area contributed by atoms with Crippen LogP contribution in [0.2, 0.25) is 0 Å². The van der Waals surface area contributed by atoms with Crippen molar-refractivity contribution in [2.45, 2.75) is 19.8 Å². The van der Waals surface area contributed by atoms with Crippen LogP contribution in [0.4, 0.5) is 5.69 Å². The molecule has 1 aromatic rings. The summed E-state index contributed by atoms with van der Waals surface area (Å²) in [5, 5.41) is 10.3. The monoisotopic (exact) mass is 285 g/mol. The lowest BCUT2D eigenvalue weighted by Gasteiger charge is -2.10. The van der Waals surface area contributed by atoms with E-state index in [2.05, 4.69) is 0 Å². The molecule has 0 saturated carbocycles. The van der Waals surface area contributed by atoms with Gasteiger partial charge in [0.2, 0.25) is 5.24 Å². The SMILES string of the molecule is Cc1c(OCCCC(=O)Cl)ccc([N+](=O)[O-])c1C=O. The smallest absolute Gasteiger partial charge is 0.280 e. The van der Waals surface area contributed by atoms with Crippen molar-refractivity contribution in [2.24, 2.45) is 0 Å². The van der Waals surface area contributed by atoms with E-state index in [9.17, 15) is 19.7 Å². The Bertz CT molecular complexity index is 515. The highest BCUT2D eigenvalue weighted by atomic mass is 35.5. The molecule has 1 rings (SSSR count). The molecular formula is C12H12ClNO5. The number of carbonyl (C=O) groups is 2. The summed E-state index contributed by atoms with van der Waals surface area (Å²) in [4.78, 5) is 31.5. The molecule has 0 fully saturated rings. The molecule has 6 nitrogen and oxygen atoms in total. The van der Waals surface area contributed by atoms with E-state index in [0.29, 0.717) is 24.0 Å². The van der Waals surface area contributed by atoms with Crippen molar-refractivity contribution in [1.29, 1.82) is 0 Å². The number of hydrogen-bond acceptors (Lipinski definition) is 5. The van der Waals surface area contributed by atoms with E-state index in [1.165, 1.54) is 12.1 Å². The van der Waals surface area contributed by atoms with E-state index in [0.717, 1.165) is 0 Å². The van der Waals surface area contributed by atoms with E-state index in [1.807, 2.05) is 0 Å². The minimum Gasteiger partial charge on any atom is -0.493 e. The topological polar surface area (TPSA) is 86.5 Å². The minimum absolute atomic E-state index is 0.00378. The van der Waals surface area contributed by atoms with Gasteiger partial charge in [-0.2, -0.15) is 0 Å². The van der Waals surface area contributed by atoms with Gasteiger partial charge in [0.05, 0.1) is 17.1 Å². The van der Waals surface area contributed by atoms with Gasteiger partial charge in [0.15, 0.2) is 6.29 Å². The lowest BCUT2D eigenvalue weighted by atomic mass is 10.1. The molecule has 0 bridgehead atoms. The molecule has 0 aliphatic carbocycles. The summed E-state index contributed by atoms with van der Waals surface area (Å²) in [6, 6.07) is 2.65. The maximum atomic E-state index is 10.9. The van der Waals surface area contributed by atoms with Gasteiger partial charge in [0, 0.05) is 18.1 Å². The molecule has 0 spiro atoms. The number of benzene rings is 1. The molecule has 1 aromatic carbocycles. The number of nitro benzene ring substituents is 1. The third kappa shape index (κ3) is 4.03. The molecule has 0 aliphatic heterocycles. The van der Waals surface area contributed by atoms with Crippen LogP contribution in [0, 0.1) is 17.0 Å². The third-order valence-electron chi connectivity index (χ3n) is 2.53. The summed E-state index contributed by atoms with van der Waals surface area (Å²) in [5.74, 6) is 0.384. The number of rotatable bonds is 7. The fraction of sp³-hybridized carbons (Fsp3) is 0.333. The van der Waals surface area contributed by atoms with Crippen LogP contribution in [0.3, 0.4) is 0 Å². The highest BCUT2D eigenvalue weighted by molar-refractivity contribution is 6.63. The molecule has 0 heterocycles. The number of carbonyl (C=O) groups excluding carboxylic acids is 2. The molecule has 102 valence electrons. The quantitative estimate of drug-likeness (QED) is 0.253. The first-order valence-corrected chi connectivity index (χ1v) is 5.89. The van der Waals surface area contributed by atoms with Gasteiger partial charge in [-0.05, 0) is 31.0 Å². The van der Waals surface area contributed by atoms with Crippen LogP contribution in [-0.4, -0.2) is 23.1 Å². The Kier molecular flexibility index (Phi) is 5.44. The molecule has 0 unspecified atom stereocenters. The highest BCUT2D eigenvalue weighted by Crippen LogP contribution is 2.28. The molecule has 7 heteroatoms. The molecule has 19 heavy (non-hydrogen) atoms. The normalized spacial score (nSPS) is 10.0. The van der Waals surface area contributed by atoms with Gasteiger partial charge in [-0.15, -0.1) is 0 Å². The van der Waals surface area contributed by atoms with Gasteiger partial charge >= 0.3 is 0 Å². The van der Waals surface area contributed by atoms with E-state index >= 15 is 0 Å². The molecule has 0 atom stereocenters. The summed E-state index contributed by atoms with van der Waals surface area (Å²) in [7, 11) is 0. The first-order chi connectivity index (χ1) is 8.97. The van der Waals surface area contributed by atoms with Gasteiger partial charge in [0.25, 0.3) is 5.69 Å². The van der Waals surface area contributed by atoms with Crippen molar-refractivity contribution in [2.75, 3.05) is 6.61 Å². The molecule has 0 aromatic heterocycles. The first-order valence-electron chi connectivity index (χ1n) is 5.51. The molecule has 0 saturated heterocycles. The lowest BCUT2D eigenvalue weighted by Crippen LogP contribution is -2.04. The van der Waals surface area contributed by atoms with Crippen molar-refractivity contribution in [3.63, 3.8) is 0 Å². The number of halogens is 1. The van der Waals surface area contributed by atoms with E-state index in [1.54, 1.807) is 6.92 Å². The van der Waals surface area contributed by atoms with Gasteiger partial charge in [-0.25, -0.2) is 0 Å². The van der Waals surface area contributed by atoms with Gasteiger partial charge < -0.3 is 4.74 Å². The highest BCUT2D eigenvalue weighted by Gasteiger charge is 2.18. The zero-order chi connectivity index (χ0) is 14.4.